The van der Waals surface area contributed by atoms with Crippen LogP contribution >= 0.6 is 11.6 Å². The van der Waals surface area contributed by atoms with Gasteiger partial charge in [-0.15, -0.1) is 0 Å². The Hall–Kier alpha value is -2.05. The second-order valence-electron chi connectivity index (χ2n) is 6.77. The Bertz CT molecular complexity index is 793. The molecule has 1 atom stereocenters. The fraction of sp³-hybridized carbons (Fsp3) is 0.350. The van der Waals surface area contributed by atoms with Crippen molar-refractivity contribution in [3.8, 4) is 0 Å². The Balaban J connectivity index is 1.58. The second kappa shape index (κ2) is 8.31. The number of hydrogen-bond donors (Lipinski definition) is 1. The van der Waals surface area contributed by atoms with Gasteiger partial charge in [0, 0.05) is 23.8 Å². The van der Waals surface area contributed by atoms with Crippen molar-refractivity contribution >= 4 is 23.2 Å². The van der Waals surface area contributed by atoms with Crippen molar-refractivity contribution in [1.82, 2.24) is 4.90 Å². The van der Waals surface area contributed by atoms with Crippen LogP contribution in [-0.2, 0) is 17.5 Å². The summed E-state index contributed by atoms with van der Waals surface area (Å²) in [7, 11) is 0. The van der Waals surface area contributed by atoms with Gasteiger partial charge in [0.25, 0.3) is 0 Å². The van der Waals surface area contributed by atoms with E-state index in [4.69, 9.17) is 11.6 Å². The van der Waals surface area contributed by atoms with Crippen LogP contribution in [0, 0.1) is 5.92 Å². The van der Waals surface area contributed by atoms with E-state index in [1.165, 1.54) is 12.1 Å². The van der Waals surface area contributed by atoms with Crippen molar-refractivity contribution in [2.75, 3.05) is 18.4 Å². The van der Waals surface area contributed by atoms with Crippen molar-refractivity contribution in [1.29, 1.82) is 0 Å². The van der Waals surface area contributed by atoms with Crippen LogP contribution in [0.1, 0.15) is 24.0 Å². The number of alkyl halides is 3. The van der Waals surface area contributed by atoms with Gasteiger partial charge in [-0.1, -0.05) is 23.7 Å². The highest BCUT2D eigenvalue weighted by molar-refractivity contribution is 6.30. The van der Waals surface area contributed by atoms with Crippen LogP contribution in [0.4, 0.5) is 18.9 Å². The highest BCUT2D eigenvalue weighted by atomic mass is 35.5. The molecule has 2 aromatic carbocycles. The number of nitrogens with one attached hydrogen (secondary N) is 1. The summed E-state index contributed by atoms with van der Waals surface area (Å²) in [4.78, 5) is 14.7. The maximum Gasteiger partial charge on any atom is 0.416 e. The van der Waals surface area contributed by atoms with Crippen molar-refractivity contribution in [3.63, 3.8) is 0 Å². The van der Waals surface area contributed by atoms with E-state index >= 15 is 0 Å². The summed E-state index contributed by atoms with van der Waals surface area (Å²) in [5, 5.41) is 3.41. The molecule has 0 aromatic heterocycles. The molecule has 7 heteroatoms. The molecule has 0 radical (unpaired) electrons. The molecule has 3 nitrogen and oxygen atoms in total. The molecule has 2 aromatic rings. The van der Waals surface area contributed by atoms with Gasteiger partial charge in [-0.25, -0.2) is 0 Å². The molecule has 1 aliphatic rings. The van der Waals surface area contributed by atoms with E-state index in [9.17, 15) is 18.0 Å². The van der Waals surface area contributed by atoms with Crippen molar-refractivity contribution in [3.05, 3.63) is 64.7 Å². The fourth-order valence-electron chi connectivity index (χ4n) is 3.29. The molecule has 0 saturated carbocycles. The molecule has 3 rings (SSSR count). The molecular weight excluding hydrogens is 377 g/mol. The number of likely N-dealkylation sites (tertiary alicyclic amines) is 1. The van der Waals surface area contributed by atoms with Gasteiger partial charge in [0.05, 0.1) is 11.5 Å². The SMILES string of the molecule is O=C(Nc1ccc(C(F)(F)F)cc1)C1CCCN(Cc2cccc(Cl)c2)C1. The molecular formula is C20H20ClF3N2O. The number of carbonyl (C=O) groups excluding carboxylic acids is 1. The molecule has 1 saturated heterocycles. The second-order valence-corrected chi connectivity index (χ2v) is 7.20. The number of carbonyl (C=O) groups is 1. The number of anilines is 1. The topological polar surface area (TPSA) is 32.3 Å². The summed E-state index contributed by atoms with van der Waals surface area (Å²) in [6.07, 6.45) is -2.73. The Morgan fingerprint density at radius 3 is 2.59 bits per heavy atom. The number of benzene rings is 2. The first-order valence-corrected chi connectivity index (χ1v) is 9.14. The Labute approximate surface area is 161 Å². The molecule has 27 heavy (non-hydrogen) atoms. The van der Waals surface area contributed by atoms with E-state index < -0.39 is 11.7 Å². The number of piperidine rings is 1. The third-order valence-electron chi connectivity index (χ3n) is 4.65. The molecule has 1 fully saturated rings. The van der Waals surface area contributed by atoms with E-state index in [0.29, 0.717) is 23.8 Å². The van der Waals surface area contributed by atoms with Crippen molar-refractivity contribution in [2.45, 2.75) is 25.6 Å². The predicted molar refractivity (Wildman–Crippen MR) is 99.5 cm³/mol. The van der Waals surface area contributed by atoms with Crippen LogP contribution in [0.3, 0.4) is 0 Å². The summed E-state index contributed by atoms with van der Waals surface area (Å²) < 4.78 is 37.9. The fourth-order valence-corrected chi connectivity index (χ4v) is 3.51. The largest absolute Gasteiger partial charge is 0.416 e. The van der Waals surface area contributed by atoms with Gasteiger partial charge < -0.3 is 5.32 Å². The number of hydrogen-bond acceptors (Lipinski definition) is 2. The number of rotatable bonds is 4. The number of nitrogens with zero attached hydrogens (tertiary/aromatic N) is 1. The van der Waals surface area contributed by atoms with Crippen LogP contribution in [0.15, 0.2) is 48.5 Å². The minimum absolute atomic E-state index is 0.162. The zero-order valence-electron chi connectivity index (χ0n) is 14.6. The molecule has 1 heterocycles. The van der Waals surface area contributed by atoms with E-state index in [1.807, 2.05) is 24.3 Å². The molecule has 1 unspecified atom stereocenters. The first-order chi connectivity index (χ1) is 12.8. The van der Waals surface area contributed by atoms with Crippen LogP contribution < -0.4 is 5.32 Å². The molecule has 144 valence electrons. The monoisotopic (exact) mass is 396 g/mol. The molecule has 1 N–H and O–H groups in total. The maximum atomic E-state index is 12.6. The molecule has 1 aliphatic heterocycles. The van der Waals surface area contributed by atoms with Crippen LogP contribution in [0.2, 0.25) is 5.02 Å². The molecule has 1 amide bonds. The van der Waals surface area contributed by atoms with E-state index in [2.05, 4.69) is 10.2 Å². The minimum Gasteiger partial charge on any atom is -0.326 e. The Morgan fingerprint density at radius 1 is 1.19 bits per heavy atom. The molecule has 0 aliphatic carbocycles. The average Bonchev–Trinajstić information content (AvgIpc) is 2.62. The van der Waals surface area contributed by atoms with E-state index in [0.717, 1.165) is 37.1 Å². The third kappa shape index (κ3) is 5.47. The third-order valence-corrected chi connectivity index (χ3v) is 4.89. The number of amides is 1. The van der Waals surface area contributed by atoms with Crippen LogP contribution in [-0.4, -0.2) is 23.9 Å². The van der Waals surface area contributed by atoms with Crippen LogP contribution in [0.25, 0.3) is 0 Å². The lowest BCUT2D eigenvalue weighted by Gasteiger charge is -2.32. The maximum absolute atomic E-state index is 12.6. The Kier molecular flexibility index (Phi) is 6.07. The Morgan fingerprint density at radius 2 is 1.93 bits per heavy atom. The summed E-state index contributed by atoms with van der Waals surface area (Å²) in [6, 6.07) is 12.1. The smallest absolute Gasteiger partial charge is 0.326 e. The van der Waals surface area contributed by atoms with E-state index in [-0.39, 0.29) is 11.8 Å². The van der Waals surface area contributed by atoms with Gasteiger partial charge in [0.2, 0.25) is 5.91 Å². The average molecular weight is 397 g/mol. The summed E-state index contributed by atoms with van der Waals surface area (Å²) in [5.41, 5.74) is 0.733. The van der Waals surface area contributed by atoms with Gasteiger partial charge in [0.1, 0.15) is 0 Å². The number of halogens is 4. The van der Waals surface area contributed by atoms with Gasteiger partial charge in [0.15, 0.2) is 0 Å². The van der Waals surface area contributed by atoms with Gasteiger partial charge in [-0.2, -0.15) is 13.2 Å². The first-order valence-electron chi connectivity index (χ1n) is 8.76. The standard InChI is InChI=1S/C20H20ClF3N2O/c21-17-5-1-3-14(11-17)12-26-10-2-4-15(13-26)19(27)25-18-8-6-16(7-9-18)20(22,23)24/h1,3,5-9,11,15H,2,4,10,12-13H2,(H,25,27). The van der Waals surface area contributed by atoms with Crippen molar-refractivity contribution < 1.29 is 18.0 Å². The summed E-state index contributed by atoms with van der Waals surface area (Å²) in [6.45, 7) is 2.22. The quantitative estimate of drug-likeness (QED) is 0.769. The summed E-state index contributed by atoms with van der Waals surface area (Å²) >= 11 is 6.02. The summed E-state index contributed by atoms with van der Waals surface area (Å²) in [5.74, 6) is -0.356. The lowest BCUT2D eigenvalue weighted by atomic mass is 9.96. The molecule has 0 spiro atoms. The van der Waals surface area contributed by atoms with Crippen LogP contribution in [0.5, 0.6) is 0 Å². The lowest BCUT2D eigenvalue weighted by molar-refractivity contribution is -0.137. The van der Waals surface area contributed by atoms with Gasteiger partial charge in [-0.05, 0) is 61.3 Å². The lowest BCUT2D eigenvalue weighted by Crippen LogP contribution is -2.40. The van der Waals surface area contributed by atoms with E-state index in [1.54, 1.807) is 0 Å². The highest BCUT2D eigenvalue weighted by Gasteiger charge is 2.30. The van der Waals surface area contributed by atoms with Gasteiger partial charge in [-0.3, -0.25) is 9.69 Å². The highest BCUT2D eigenvalue weighted by Crippen LogP contribution is 2.30. The minimum atomic E-state index is -4.38. The zero-order valence-corrected chi connectivity index (χ0v) is 15.4. The predicted octanol–water partition coefficient (Wildman–Crippen LogP) is 5.21. The molecule has 0 bridgehead atoms. The van der Waals surface area contributed by atoms with Crippen molar-refractivity contribution in [2.24, 2.45) is 5.92 Å². The zero-order chi connectivity index (χ0) is 19.4. The normalized spacial score (nSPS) is 18.3. The van der Waals surface area contributed by atoms with Gasteiger partial charge >= 0.3 is 6.18 Å². The first kappa shape index (κ1) is 19.7.